The Morgan fingerprint density at radius 3 is 2.53 bits per heavy atom. The Morgan fingerprint density at radius 2 is 1.84 bits per heavy atom. The van der Waals surface area contributed by atoms with Crippen LogP contribution in [0.15, 0.2) is 49.1 Å². The number of likely N-dealkylation sites (N-methyl/N-ethyl adjacent to an activating group) is 1. The molecule has 9 nitrogen and oxygen atoms in total. The number of hydrogen-bond acceptors (Lipinski definition) is 5. The minimum atomic E-state index is -0.112. The fourth-order valence-electron chi connectivity index (χ4n) is 4.03. The summed E-state index contributed by atoms with van der Waals surface area (Å²) in [6.45, 7) is 8.37. The Hall–Kier alpha value is -3.62. The molecule has 168 valence electrons. The van der Waals surface area contributed by atoms with Gasteiger partial charge in [-0.15, -0.1) is 0 Å². The topological polar surface area (TPSA) is 86.6 Å². The molecular weight excluding hydrogens is 406 g/mol. The molecule has 0 atom stereocenters. The molecule has 3 aromatic rings. The first-order valence-electron chi connectivity index (χ1n) is 11.0. The van der Waals surface area contributed by atoms with E-state index in [0.29, 0.717) is 45.8 Å². The van der Waals surface area contributed by atoms with E-state index in [2.05, 4.69) is 20.2 Å². The van der Waals surface area contributed by atoms with Crippen LogP contribution >= 0.6 is 0 Å². The van der Waals surface area contributed by atoms with Crippen molar-refractivity contribution in [3.63, 3.8) is 0 Å². The van der Waals surface area contributed by atoms with Gasteiger partial charge in [0, 0.05) is 74.4 Å². The molecule has 32 heavy (non-hydrogen) atoms. The summed E-state index contributed by atoms with van der Waals surface area (Å²) in [6.07, 6.45) is 6.99. The molecule has 1 aromatic carbocycles. The molecular formula is C23H29N7O2. The quantitative estimate of drug-likeness (QED) is 0.643. The zero-order valence-electron chi connectivity index (χ0n) is 18.6. The molecule has 2 aromatic heterocycles. The number of rotatable bonds is 6. The van der Waals surface area contributed by atoms with Gasteiger partial charge in [-0.25, -0.2) is 9.78 Å². The number of anilines is 2. The van der Waals surface area contributed by atoms with Gasteiger partial charge in [0.25, 0.3) is 0 Å². The number of aromatic nitrogens is 3. The fourth-order valence-corrected chi connectivity index (χ4v) is 4.03. The van der Waals surface area contributed by atoms with Crippen molar-refractivity contribution in [1.29, 1.82) is 0 Å². The van der Waals surface area contributed by atoms with Crippen LogP contribution in [0, 0.1) is 0 Å². The fraction of sp³-hybridized carbons (Fsp3) is 0.391. The van der Waals surface area contributed by atoms with Gasteiger partial charge in [-0.3, -0.25) is 9.78 Å². The van der Waals surface area contributed by atoms with E-state index in [0.717, 1.165) is 22.4 Å². The smallest absolute Gasteiger partial charge is 0.321 e. The van der Waals surface area contributed by atoms with Crippen molar-refractivity contribution >= 4 is 34.3 Å². The summed E-state index contributed by atoms with van der Waals surface area (Å²) in [7, 11) is 0. The maximum Gasteiger partial charge on any atom is 0.321 e. The predicted molar refractivity (Wildman–Crippen MR) is 125 cm³/mol. The summed E-state index contributed by atoms with van der Waals surface area (Å²) < 4.78 is 1.95. The minimum Gasteiger partial charge on any atom is -0.352 e. The van der Waals surface area contributed by atoms with Crippen LogP contribution in [0.5, 0.6) is 0 Å². The highest BCUT2D eigenvalue weighted by Gasteiger charge is 2.22. The molecule has 0 saturated carbocycles. The first-order chi connectivity index (χ1) is 15.6. The third-order valence-electron chi connectivity index (χ3n) is 5.88. The van der Waals surface area contributed by atoms with Crippen LogP contribution in [-0.2, 0) is 11.3 Å². The molecule has 3 heterocycles. The predicted octanol–water partition coefficient (Wildman–Crippen LogP) is 2.65. The third-order valence-corrected chi connectivity index (χ3v) is 5.88. The van der Waals surface area contributed by atoms with Gasteiger partial charge in [0.05, 0.1) is 6.20 Å². The van der Waals surface area contributed by atoms with Gasteiger partial charge < -0.3 is 24.6 Å². The lowest BCUT2D eigenvalue weighted by Crippen LogP contribution is -2.50. The van der Waals surface area contributed by atoms with Crippen LogP contribution in [0.4, 0.5) is 16.3 Å². The van der Waals surface area contributed by atoms with E-state index in [1.807, 2.05) is 58.7 Å². The average Bonchev–Trinajstić information content (AvgIpc) is 3.22. The van der Waals surface area contributed by atoms with Crippen molar-refractivity contribution in [3.05, 3.63) is 49.1 Å². The Morgan fingerprint density at radius 1 is 1.06 bits per heavy atom. The normalized spacial score (nSPS) is 13.9. The lowest BCUT2D eigenvalue weighted by Gasteiger charge is -2.35. The third kappa shape index (κ3) is 4.66. The zero-order chi connectivity index (χ0) is 22.5. The summed E-state index contributed by atoms with van der Waals surface area (Å²) in [5, 5.41) is 3.99. The second-order valence-electron chi connectivity index (χ2n) is 7.75. The Kier molecular flexibility index (Phi) is 6.53. The van der Waals surface area contributed by atoms with Gasteiger partial charge in [0.1, 0.15) is 12.4 Å². The number of piperazine rings is 1. The van der Waals surface area contributed by atoms with Crippen molar-refractivity contribution < 1.29 is 9.59 Å². The van der Waals surface area contributed by atoms with Gasteiger partial charge in [0.15, 0.2) is 0 Å². The van der Waals surface area contributed by atoms with E-state index in [4.69, 9.17) is 0 Å². The second-order valence-corrected chi connectivity index (χ2v) is 7.75. The van der Waals surface area contributed by atoms with Crippen molar-refractivity contribution in [1.82, 2.24) is 24.3 Å². The highest BCUT2D eigenvalue weighted by molar-refractivity contribution is 5.93. The minimum absolute atomic E-state index is 0.102. The van der Waals surface area contributed by atoms with Crippen molar-refractivity contribution in [2.45, 2.75) is 20.4 Å². The molecule has 1 aliphatic heterocycles. The number of carbonyl (C=O) groups excluding carboxylic acids is 2. The van der Waals surface area contributed by atoms with Gasteiger partial charge in [0.2, 0.25) is 5.91 Å². The molecule has 1 saturated heterocycles. The van der Waals surface area contributed by atoms with Crippen LogP contribution in [0.1, 0.15) is 13.8 Å². The van der Waals surface area contributed by atoms with Gasteiger partial charge >= 0.3 is 6.03 Å². The molecule has 4 rings (SSSR count). The molecule has 0 unspecified atom stereocenters. The molecule has 1 aliphatic rings. The first kappa shape index (κ1) is 21.6. The maximum atomic E-state index is 12.8. The molecule has 9 heteroatoms. The van der Waals surface area contributed by atoms with Crippen LogP contribution in [0.3, 0.4) is 0 Å². The molecule has 0 bridgehead atoms. The lowest BCUT2D eigenvalue weighted by atomic mass is 10.2. The maximum absolute atomic E-state index is 12.8. The van der Waals surface area contributed by atoms with Crippen molar-refractivity contribution in [2.24, 2.45) is 0 Å². The molecule has 0 radical (unpaired) electrons. The average molecular weight is 436 g/mol. The van der Waals surface area contributed by atoms with E-state index >= 15 is 0 Å². The second kappa shape index (κ2) is 9.67. The Balaban J connectivity index is 1.36. The van der Waals surface area contributed by atoms with E-state index in [1.54, 1.807) is 18.6 Å². The number of nitrogens with zero attached hydrogens (tertiary/aromatic N) is 6. The number of amides is 3. The summed E-state index contributed by atoms with van der Waals surface area (Å²) in [4.78, 5) is 39.4. The van der Waals surface area contributed by atoms with Crippen LogP contribution in [0.25, 0.3) is 10.9 Å². The van der Waals surface area contributed by atoms with E-state index in [1.165, 1.54) is 0 Å². The number of fused-ring (bicyclic) bond motifs is 1. The van der Waals surface area contributed by atoms with E-state index in [-0.39, 0.29) is 11.9 Å². The van der Waals surface area contributed by atoms with Crippen LogP contribution < -0.4 is 10.2 Å². The molecule has 1 fully saturated rings. The number of carbonyl (C=O) groups is 2. The summed E-state index contributed by atoms with van der Waals surface area (Å²) in [5.74, 6) is 0.938. The van der Waals surface area contributed by atoms with Crippen molar-refractivity contribution in [2.75, 3.05) is 49.5 Å². The SMILES string of the molecule is CCN(CC)C(=O)Cn1ccc2cc(NC(=O)N3CCN(c4cnccn4)CC3)ccc21. The number of urea groups is 1. The van der Waals surface area contributed by atoms with Crippen molar-refractivity contribution in [3.8, 4) is 0 Å². The first-order valence-corrected chi connectivity index (χ1v) is 11.0. The molecule has 3 amide bonds. The number of hydrogen-bond donors (Lipinski definition) is 1. The highest BCUT2D eigenvalue weighted by Crippen LogP contribution is 2.21. The van der Waals surface area contributed by atoms with E-state index < -0.39 is 0 Å². The van der Waals surface area contributed by atoms with Gasteiger partial charge in [-0.2, -0.15) is 0 Å². The highest BCUT2D eigenvalue weighted by atomic mass is 16.2. The standard InChI is InChI=1S/C23H29N7O2/c1-3-27(4-2)22(31)17-30-10-7-18-15-19(5-6-20(18)30)26-23(32)29-13-11-28(12-14-29)21-16-24-8-9-25-21/h5-10,15-16H,3-4,11-14,17H2,1-2H3,(H,26,32). The zero-order valence-corrected chi connectivity index (χ0v) is 18.6. The summed E-state index contributed by atoms with van der Waals surface area (Å²) in [5.41, 5.74) is 1.72. The Labute approximate surface area is 187 Å². The molecule has 0 spiro atoms. The number of nitrogens with one attached hydrogen (secondary N) is 1. The monoisotopic (exact) mass is 435 g/mol. The van der Waals surface area contributed by atoms with Crippen LogP contribution in [0.2, 0.25) is 0 Å². The number of benzene rings is 1. The lowest BCUT2D eigenvalue weighted by molar-refractivity contribution is -0.131. The molecule has 1 N–H and O–H groups in total. The van der Waals surface area contributed by atoms with Gasteiger partial charge in [-0.05, 0) is 38.1 Å². The van der Waals surface area contributed by atoms with E-state index in [9.17, 15) is 9.59 Å². The summed E-state index contributed by atoms with van der Waals surface area (Å²) >= 11 is 0. The summed E-state index contributed by atoms with van der Waals surface area (Å²) in [6, 6.07) is 7.64. The largest absolute Gasteiger partial charge is 0.352 e. The van der Waals surface area contributed by atoms with Gasteiger partial charge in [-0.1, -0.05) is 0 Å². The molecule has 0 aliphatic carbocycles. The van der Waals surface area contributed by atoms with Crippen LogP contribution in [-0.4, -0.2) is 75.5 Å². The Bertz CT molecular complexity index is 1070.